The second-order valence-corrected chi connectivity index (χ2v) is 8.82. The molecule has 0 unspecified atom stereocenters. The van der Waals surface area contributed by atoms with Crippen LogP contribution in [-0.2, 0) is 4.79 Å². The van der Waals surface area contributed by atoms with Gasteiger partial charge in [-0.25, -0.2) is 9.97 Å². The van der Waals surface area contributed by atoms with Crippen molar-refractivity contribution in [3.8, 4) is 0 Å². The molecule has 176 valence electrons. The second-order valence-electron chi connectivity index (χ2n) is 8.82. The Bertz CT molecular complexity index is 1260. The van der Waals surface area contributed by atoms with E-state index in [1.807, 2.05) is 30.3 Å². The number of nitrogens with one attached hydrogen (secondary N) is 1. The van der Waals surface area contributed by atoms with Gasteiger partial charge in [0.2, 0.25) is 5.91 Å². The zero-order valence-electron chi connectivity index (χ0n) is 19.6. The number of hydrogen-bond acceptors (Lipinski definition) is 6. The van der Waals surface area contributed by atoms with Gasteiger partial charge in [-0.15, -0.1) is 0 Å². The highest BCUT2D eigenvalue weighted by molar-refractivity contribution is 6.05. The van der Waals surface area contributed by atoms with E-state index < -0.39 is 0 Å². The van der Waals surface area contributed by atoms with Gasteiger partial charge in [-0.2, -0.15) is 0 Å². The summed E-state index contributed by atoms with van der Waals surface area (Å²) in [6.07, 6.45) is 4.34. The number of benzene rings is 2. The van der Waals surface area contributed by atoms with Crippen LogP contribution in [0, 0.1) is 5.92 Å². The van der Waals surface area contributed by atoms with Gasteiger partial charge in [0.25, 0.3) is 0 Å². The molecule has 1 atom stereocenters. The Balaban J connectivity index is 1.20. The number of anilines is 2. The van der Waals surface area contributed by atoms with E-state index in [0.29, 0.717) is 18.7 Å². The van der Waals surface area contributed by atoms with Crippen LogP contribution < -0.4 is 15.1 Å². The van der Waals surface area contributed by atoms with Crippen molar-refractivity contribution in [2.75, 3.05) is 42.5 Å². The molecule has 1 fully saturated rings. The molecule has 1 amide bonds. The van der Waals surface area contributed by atoms with Crippen LogP contribution in [0.4, 0.5) is 11.5 Å². The lowest BCUT2D eigenvalue weighted by atomic mass is 9.97. The van der Waals surface area contributed by atoms with Crippen molar-refractivity contribution in [3.05, 3.63) is 60.9 Å². The molecule has 1 aliphatic heterocycles. The van der Waals surface area contributed by atoms with Crippen molar-refractivity contribution < 1.29 is 9.21 Å². The zero-order valence-corrected chi connectivity index (χ0v) is 19.6. The molecule has 4 aromatic rings. The smallest absolute Gasteiger partial charge is 0.224 e. The van der Waals surface area contributed by atoms with E-state index in [1.54, 1.807) is 6.33 Å². The van der Waals surface area contributed by atoms with Gasteiger partial charge in [-0.05, 0) is 50.5 Å². The van der Waals surface area contributed by atoms with Crippen LogP contribution in [0.5, 0.6) is 0 Å². The van der Waals surface area contributed by atoms with Gasteiger partial charge in [-0.3, -0.25) is 4.79 Å². The molecule has 1 saturated heterocycles. The molecule has 0 saturated carbocycles. The van der Waals surface area contributed by atoms with Gasteiger partial charge in [0.1, 0.15) is 17.4 Å². The first-order chi connectivity index (χ1) is 16.7. The molecular formula is C27H31N5O2. The summed E-state index contributed by atoms with van der Waals surface area (Å²) < 4.78 is 6.11. The summed E-state index contributed by atoms with van der Waals surface area (Å²) in [4.78, 5) is 26.5. The summed E-state index contributed by atoms with van der Waals surface area (Å²) in [6, 6.07) is 18.3. The summed E-state index contributed by atoms with van der Waals surface area (Å²) in [5, 5.41) is 4.16. The zero-order chi connectivity index (χ0) is 23.3. The molecule has 0 radical (unpaired) electrons. The molecule has 1 aliphatic rings. The van der Waals surface area contributed by atoms with E-state index >= 15 is 0 Å². The predicted molar refractivity (Wildman–Crippen MR) is 136 cm³/mol. The third-order valence-electron chi connectivity index (χ3n) is 6.64. The van der Waals surface area contributed by atoms with Crippen molar-refractivity contribution in [1.82, 2.24) is 15.3 Å². The minimum absolute atomic E-state index is 0.0560. The molecule has 1 N–H and O–H groups in total. The van der Waals surface area contributed by atoms with Gasteiger partial charge in [0.15, 0.2) is 11.4 Å². The third-order valence-corrected chi connectivity index (χ3v) is 6.64. The fourth-order valence-corrected chi connectivity index (χ4v) is 4.85. The van der Waals surface area contributed by atoms with Crippen LogP contribution in [0.25, 0.3) is 22.1 Å². The number of rotatable bonds is 8. The summed E-state index contributed by atoms with van der Waals surface area (Å²) in [5.41, 5.74) is 3.56. The molecule has 2 aromatic carbocycles. The van der Waals surface area contributed by atoms with Gasteiger partial charge in [0, 0.05) is 43.8 Å². The molecule has 5 rings (SSSR count). The van der Waals surface area contributed by atoms with E-state index in [9.17, 15) is 4.79 Å². The van der Waals surface area contributed by atoms with E-state index in [1.165, 1.54) is 5.69 Å². The van der Waals surface area contributed by atoms with E-state index in [0.717, 1.165) is 61.2 Å². The third kappa shape index (κ3) is 4.55. The number of amides is 1. The van der Waals surface area contributed by atoms with Crippen LogP contribution >= 0.6 is 0 Å². The van der Waals surface area contributed by atoms with Crippen molar-refractivity contribution in [2.24, 2.45) is 5.92 Å². The average Bonchev–Trinajstić information content (AvgIpc) is 3.28. The minimum atomic E-state index is -0.0560. The Labute approximate surface area is 199 Å². The van der Waals surface area contributed by atoms with Gasteiger partial charge < -0.3 is 19.5 Å². The number of fused-ring (bicyclic) bond motifs is 3. The Morgan fingerprint density at radius 1 is 1.15 bits per heavy atom. The topological polar surface area (TPSA) is 74.5 Å². The summed E-state index contributed by atoms with van der Waals surface area (Å²) in [7, 11) is 0. The molecule has 34 heavy (non-hydrogen) atoms. The van der Waals surface area contributed by atoms with E-state index in [4.69, 9.17) is 4.42 Å². The van der Waals surface area contributed by atoms with Crippen LogP contribution in [0.1, 0.15) is 26.2 Å². The van der Waals surface area contributed by atoms with Gasteiger partial charge in [-0.1, -0.05) is 30.3 Å². The predicted octanol–water partition coefficient (Wildman–Crippen LogP) is 4.63. The standard InChI is InChI=1S/C27H31N5O2/c1-2-31(21-11-4-3-5-12-21)17-9-15-28-27(33)20-10-8-16-32(18-20)26-25-24(29-19-30-26)22-13-6-7-14-23(22)34-25/h3-7,11-14,19-20H,2,8-10,15-18H2,1H3,(H,28,33)/t20-/m1/s1. The molecule has 3 heterocycles. The van der Waals surface area contributed by atoms with E-state index in [2.05, 4.69) is 56.3 Å². The van der Waals surface area contributed by atoms with Crippen LogP contribution in [0.2, 0.25) is 0 Å². The Morgan fingerprint density at radius 2 is 1.97 bits per heavy atom. The maximum absolute atomic E-state index is 13.0. The fourth-order valence-electron chi connectivity index (χ4n) is 4.85. The van der Waals surface area contributed by atoms with Crippen LogP contribution in [0.3, 0.4) is 0 Å². The largest absolute Gasteiger partial charge is 0.450 e. The first-order valence-electron chi connectivity index (χ1n) is 12.2. The molecule has 0 spiro atoms. The highest BCUT2D eigenvalue weighted by Crippen LogP contribution is 2.33. The molecule has 2 aromatic heterocycles. The Morgan fingerprint density at radius 3 is 2.82 bits per heavy atom. The first-order valence-corrected chi connectivity index (χ1v) is 12.2. The van der Waals surface area contributed by atoms with Crippen LogP contribution in [0.15, 0.2) is 65.3 Å². The summed E-state index contributed by atoms with van der Waals surface area (Å²) in [5.74, 6) is 0.849. The highest BCUT2D eigenvalue weighted by atomic mass is 16.3. The first kappa shape index (κ1) is 22.2. The molecule has 7 heteroatoms. The summed E-state index contributed by atoms with van der Waals surface area (Å²) >= 11 is 0. The number of hydrogen-bond donors (Lipinski definition) is 1. The number of furan rings is 1. The number of carbonyl (C=O) groups is 1. The maximum atomic E-state index is 13.0. The average molecular weight is 458 g/mol. The van der Waals surface area contributed by atoms with Crippen LogP contribution in [-0.4, -0.2) is 48.6 Å². The fraction of sp³-hybridized carbons (Fsp3) is 0.370. The number of carbonyl (C=O) groups excluding carboxylic acids is 1. The Kier molecular flexibility index (Phi) is 6.60. The number of piperidine rings is 1. The second kappa shape index (κ2) is 10.1. The lowest BCUT2D eigenvalue weighted by Crippen LogP contribution is -2.44. The van der Waals surface area contributed by atoms with Gasteiger partial charge >= 0.3 is 0 Å². The lowest BCUT2D eigenvalue weighted by Gasteiger charge is -2.32. The number of para-hydroxylation sites is 2. The van der Waals surface area contributed by atoms with Crippen molar-refractivity contribution in [2.45, 2.75) is 26.2 Å². The van der Waals surface area contributed by atoms with E-state index in [-0.39, 0.29) is 11.8 Å². The van der Waals surface area contributed by atoms with Crippen molar-refractivity contribution in [3.63, 3.8) is 0 Å². The lowest BCUT2D eigenvalue weighted by molar-refractivity contribution is -0.125. The quantitative estimate of drug-likeness (QED) is 0.389. The molecular weight excluding hydrogens is 426 g/mol. The minimum Gasteiger partial charge on any atom is -0.450 e. The highest BCUT2D eigenvalue weighted by Gasteiger charge is 2.28. The molecule has 0 bridgehead atoms. The maximum Gasteiger partial charge on any atom is 0.224 e. The SMILES string of the molecule is CCN(CCCNC(=O)[C@@H]1CCCN(c2ncnc3c2oc2ccccc23)C1)c1ccccc1. The summed E-state index contributed by atoms with van der Waals surface area (Å²) in [6.45, 7) is 6.21. The monoisotopic (exact) mass is 457 g/mol. The molecule has 0 aliphatic carbocycles. The number of aromatic nitrogens is 2. The van der Waals surface area contributed by atoms with Crippen molar-refractivity contribution >= 4 is 39.5 Å². The molecule has 7 nitrogen and oxygen atoms in total. The normalized spacial score (nSPS) is 16.1. The Hall–Kier alpha value is -3.61. The number of nitrogens with zero attached hydrogens (tertiary/aromatic N) is 4. The van der Waals surface area contributed by atoms with Crippen molar-refractivity contribution in [1.29, 1.82) is 0 Å². The van der Waals surface area contributed by atoms with Gasteiger partial charge in [0.05, 0.1) is 5.92 Å².